The monoisotopic (exact) mass is 288 g/mol. The molecular weight excluding hydrogens is 268 g/mol. The molecule has 0 radical (unpaired) electrons. The van der Waals surface area contributed by atoms with E-state index in [-0.39, 0.29) is 5.91 Å². The van der Waals surface area contributed by atoms with Crippen LogP contribution in [0.4, 0.5) is 0 Å². The highest BCUT2D eigenvalue weighted by molar-refractivity contribution is 5.73. The molecule has 2 rings (SSSR count). The molecule has 1 heterocycles. The van der Waals surface area contributed by atoms with Crippen LogP contribution in [-0.2, 0) is 17.8 Å². The first kappa shape index (κ1) is 15.2. The molecule has 0 atom stereocenters. The van der Waals surface area contributed by atoms with Crippen molar-refractivity contribution in [2.45, 2.75) is 26.3 Å². The van der Waals surface area contributed by atoms with Gasteiger partial charge in [-0.25, -0.2) is 0 Å². The molecule has 0 aliphatic rings. The molecule has 0 bridgehead atoms. The molecular formula is C15H20N4O2. The zero-order valence-electron chi connectivity index (χ0n) is 12.2. The molecule has 0 spiro atoms. The third-order valence-corrected chi connectivity index (χ3v) is 3.16. The number of primary amides is 1. The van der Waals surface area contributed by atoms with E-state index in [0.29, 0.717) is 31.3 Å². The van der Waals surface area contributed by atoms with Gasteiger partial charge in [-0.3, -0.25) is 9.69 Å². The van der Waals surface area contributed by atoms with Crippen molar-refractivity contribution in [1.29, 1.82) is 0 Å². The van der Waals surface area contributed by atoms with Crippen LogP contribution in [0.5, 0.6) is 0 Å². The molecule has 6 heteroatoms. The van der Waals surface area contributed by atoms with Gasteiger partial charge in [-0.2, -0.15) is 0 Å². The summed E-state index contributed by atoms with van der Waals surface area (Å²) in [7, 11) is 0. The largest absolute Gasteiger partial charge is 0.424 e. The van der Waals surface area contributed by atoms with Gasteiger partial charge >= 0.3 is 0 Å². The lowest BCUT2D eigenvalue weighted by molar-refractivity contribution is -0.118. The Hall–Kier alpha value is -2.21. The highest BCUT2D eigenvalue weighted by Crippen LogP contribution is 2.07. The molecule has 112 valence electrons. The van der Waals surface area contributed by atoms with Gasteiger partial charge in [-0.15, -0.1) is 10.2 Å². The second-order valence-electron chi connectivity index (χ2n) is 4.94. The number of hydrogen-bond donors (Lipinski definition) is 1. The zero-order valence-corrected chi connectivity index (χ0v) is 12.2. The molecule has 0 unspecified atom stereocenters. The van der Waals surface area contributed by atoms with Gasteiger partial charge < -0.3 is 10.2 Å². The maximum atomic E-state index is 11.0. The summed E-state index contributed by atoms with van der Waals surface area (Å²) >= 11 is 0. The Labute approximate surface area is 124 Å². The zero-order chi connectivity index (χ0) is 15.1. The molecule has 1 aromatic heterocycles. The van der Waals surface area contributed by atoms with E-state index in [1.807, 2.05) is 18.2 Å². The van der Waals surface area contributed by atoms with E-state index in [4.69, 9.17) is 10.2 Å². The minimum atomic E-state index is -0.304. The Bertz CT molecular complexity index is 568. The number of benzene rings is 1. The minimum Gasteiger partial charge on any atom is -0.424 e. The first-order valence-electron chi connectivity index (χ1n) is 6.97. The number of carbonyl (C=O) groups is 1. The fourth-order valence-electron chi connectivity index (χ4n) is 2.06. The van der Waals surface area contributed by atoms with Crippen molar-refractivity contribution in [2.75, 3.05) is 13.1 Å². The molecule has 2 aromatic rings. The van der Waals surface area contributed by atoms with Crippen LogP contribution in [0, 0.1) is 6.92 Å². The van der Waals surface area contributed by atoms with E-state index in [1.54, 1.807) is 6.92 Å². The maximum absolute atomic E-state index is 11.0. The minimum absolute atomic E-state index is 0.304. The van der Waals surface area contributed by atoms with Crippen molar-refractivity contribution in [3.8, 4) is 0 Å². The summed E-state index contributed by atoms with van der Waals surface area (Å²) in [5.41, 5.74) is 6.48. The van der Waals surface area contributed by atoms with Gasteiger partial charge in [-0.05, 0) is 12.0 Å². The number of carbonyl (C=O) groups excluding carboxylic acids is 1. The Morgan fingerprint density at radius 1 is 1.24 bits per heavy atom. The fourth-order valence-corrected chi connectivity index (χ4v) is 2.06. The van der Waals surface area contributed by atoms with E-state index >= 15 is 0 Å². The van der Waals surface area contributed by atoms with Crippen molar-refractivity contribution in [3.05, 3.63) is 47.7 Å². The lowest BCUT2D eigenvalue weighted by atomic mass is 10.1. The van der Waals surface area contributed by atoms with Crippen LogP contribution in [-0.4, -0.2) is 34.1 Å². The van der Waals surface area contributed by atoms with Crippen molar-refractivity contribution >= 4 is 5.91 Å². The predicted molar refractivity (Wildman–Crippen MR) is 78.3 cm³/mol. The number of nitrogens with zero attached hydrogens (tertiary/aromatic N) is 3. The highest BCUT2D eigenvalue weighted by Gasteiger charge is 2.12. The van der Waals surface area contributed by atoms with Gasteiger partial charge in [0.2, 0.25) is 17.7 Å². The Morgan fingerprint density at radius 3 is 2.62 bits per heavy atom. The van der Waals surface area contributed by atoms with Crippen molar-refractivity contribution in [2.24, 2.45) is 5.73 Å². The van der Waals surface area contributed by atoms with E-state index in [9.17, 15) is 4.79 Å². The van der Waals surface area contributed by atoms with Crippen LogP contribution < -0.4 is 5.73 Å². The lowest BCUT2D eigenvalue weighted by Crippen LogP contribution is -2.30. The molecule has 1 amide bonds. The first-order valence-corrected chi connectivity index (χ1v) is 6.97. The van der Waals surface area contributed by atoms with Crippen LogP contribution in [0.2, 0.25) is 0 Å². The summed E-state index contributed by atoms with van der Waals surface area (Å²) in [6, 6.07) is 10.2. The molecule has 1 aromatic carbocycles. The van der Waals surface area contributed by atoms with E-state index < -0.39 is 0 Å². The van der Waals surface area contributed by atoms with E-state index in [0.717, 1.165) is 13.0 Å². The predicted octanol–water partition coefficient (Wildman–Crippen LogP) is 1.30. The summed E-state index contributed by atoms with van der Waals surface area (Å²) < 4.78 is 5.39. The molecule has 2 N–H and O–H groups in total. The number of rotatable bonds is 8. The molecule has 0 saturated heterocycles. The molecule has 6 nitrogen and oxygen atoms in total. The van der Waals surface area contributed by atoms with Crippen LogP contribution in [0.1, 0.15) is 23.8 Å². The molecule has 0 aliphatic carbocycles. The average molecular weight is 288 g/mol. The molecule has 21 heavy (non-hydrogen) atoms. The Kier molecular flexibility index (Phi) is 5.45. The van der Waals surface area contributed by atoms with E-state index in [1.165, 1.54) is 5.56 Å². The van der Waals surface area contributed by atoms with Gasteiger partial charge in [0.25, 0.3) is 0 Å². The number of amides is 1. The van der Waals surface area contributed by atoms with Crippen molar-refractivity contribution < 1.29 is 9.21 Å². The SMILES string of the molecule is Cc1nnc(CN(CCC(N)=O)CCc2ccccc2)o1. The normalized spacial score (nSPS) is 11.0. The van der Waals surface area contributed by atoms with Crippen LogP contribution in [0.25, 0.3) is 0 Å². The third-order valence-electron chi connectivity index (χ3n) is 3.16. The summed E-state index contributed by atoms with van der Waals surface area (Å²) in [5.74, 6) is 0.800. The molecule has 0 fully saturated rings. The Morgan fingerprint density at radius 2 is 2.00 bits per heavy atom. The second kappa shape index (κ2) is 7.54. The summed E-state index contributed by atoms with van der Waals surface area (Å²) in [6.45, 7) is 3.68. The van der Waals surface area contributed by atoms with Crippen LogP contribution in [0.3, 0.4) is 0 Å². The van der Waals surface area contributed by atoms with E-state index in [2.05, 4.69) is 27.2 Å². The smallest absolute Gasteiger partial charge is 0.230 e. The van der Waals surface area contributed by atoms with Gasteiger partial charge in [0.1, 0.15) is 0 Å². The number of nitrogens with two attached hydrogens (primary N) is 1. The van der Waals surface area contributed by atoms with Gasteiger partial charge in [-0.1, -0.05) is 30.3 Å². The van der Waals surface area contributed by atoms with Gasteiger partial charge in [0, 0.05) is 26.4 Å². The average Bonchev–Trinajstić information content (AvgIpc) is 2.88. The summed E-state index contributed by atoms with van der Waals surface area (Å²) in [4.78, 5) is 13.1. The summed E-state index contributed by atoms with van der Waals surface area (Å²) in [6.07, 6.45) is 1.22. The highest BCUT2D eigenvalue weighted by atomic mass is 16.4. The first-order chi connectivity index (χ1) is 10.1. The number of hydrogen-bond acceptors (Lipinski definition) is 5. The fraction of sp³-hybridized carbons (Fsp3) is 0.400. The topological polar surface area (TPSA) is 85.3 Å². The van der Waals surface area contributed by atoms with Crippen LogP contribution in [0.15, 0.2) is 34.7 Å². The maximum Gasteiger partial charge on any atom is 0.230 e. The Balaban J connectivity index is 1.92. The van der Waals surface area contributed by atoms with Crippen molar-refractivity contribution in [3.63, 3.8) is 0 Å². The van der Waals surface area contributed by atoms with Crippen LogP contribution >= 0.6 is 0 Å². The lowest BCUT2D eigenvalue weighted by Gasteiger charge is -2.19. The third kappa shape index (κ3) is 5.35. The van der Waals surface area contributed by atoms with Crippen molar-refractivity contribution in [1.82, 2.24) is 15.1 Å². The molecule has 0 saturated carbocycles. The molecule has 0 aliphatic heterocycles. The quantitative estimate of drug-likeness (QED) is 0.791. The van der Waals surface area contributed by atoms with Gasteiger partial charge in [0.15, 0.2) is 0 Å². The summed E-state index contributed by atoms with van der Waals surface area (Å²) in [5, 5.41) is 7.81. The second-order valence-corrected chi connectivity index (χ2v) is 4.94. The number of aryl methyl sites for hydroxylation is 1. The van der Waals surface area contributed by atoms with Gasteiger partial charge in [0.05, 0.1) is 6.54 Å². The standard InChI is InChI=1S/C15H20N4O2/c1-12-17-18-15(21-12)11-19(10-8-14(16)20)9-7-13-5-3-2-4-6-13/h2-6H,7-11H2,1H3,(H2,16,20). The number of aromatic nitrogens is 2.